The summed E-state index contributed by atoms with van der Waals surface area (Å²) in [5.74, 6) is -0.0592. The van der Waals surface area contributed by atoms with Crippen molar-refractivity contribution in [3.63, 3.8) is 0 Å². The van der Waals surface area contributed by atoms with Gasteiger partial charge in [0.25, 0.3) is 0 Å². The SMILES string of the molecule is N/C(CCN(Cc1cc(Cl)ccc1F)C1CC1)=N/O. The summed E-state index contributed by atoms with van der Waals surface area (Å²) < 4.78 is 13.7. The van der Waals surface area contributed by atoms with Crippen molar-refractivity contribution < 1.29 is 9.60 Å². The molecular weight excluding hydrogens is 269 g/mol. The van der Waals surface area contributed by atoms with Crippen molar-refractivity contribution in [2.45, 2.75) is 31.8 Å². The van der Waals surface area contributed by atoms with E-state index in [0.29, 0.717) is 36.1 Å². The zero-order chi connectivity index (χ0) is 13.8. The minimum absolute atomic E-state index is 0.192. The molecule has 1 aliphatic carbocycles. The molecule has 1 aliphatic rings. The van der Waals surface area contributed by atoms with E-state index >= 15 is 0 Å². The van der Waals surface area contributed by atoms with Gasteiger partial charge in [0, 0.05) is 36.1 Å². The van der Waals surface area contributed by atoms with Crippen molar-refractivity contribution in [2.24, 2.45) is 10.9 Å². The Kier molecular flexibility index (Phi) is 4.61. The highest BCUT2D eigenvalue weighted by Gasteiger charge is 2.29. The van der Waals surface area contributed by atoms with Crippen molar-refractivity contribution in [2.75, 3.05) is 6.54 Å². The first-order valence-electron chi connectivity index (χ1n) is 6.24. The van der Waals surface area contributed by atoms with Gasteiger partial charge in [0.15, 0.2) is 0 Å². The number of hydrogen-bond donors (Lipinski definition) is 2. The molecule has 104 valence electrons. The van der Waals surface area contributed by atoms with E-state index in [1.807, 2.05) is 0 Å². The molecular formula is C13H17ClFN3O. The van der Waals surface area contributed by atoms with Crippen LogP contribution in [0.15, 0.2) is 23.4 Å². The molecule has 3 N–H and O–H groups in total. The van der Waals surface area contributed by atoms with Crippen molar-refractivity contribution in [1.82, 2.24) is 4.90 Å². The van der Waals surface area contributed by atoms with Crippen LogP contribution in [0.5, 0.6) is 0 Å². The van der Waals surface area contributed by atoms with Gasteiger partial charge < -0.3 is 10.9 Å². The number of benzene rings is 1. The van der Waals surface area contributed by atoms with Gasteiger partial charge in [0.1, 0.15) is 11.7 Å². The molecule has 0 atom stereocenters. The molecule has 0 bridgehead atoms. The zero-order valence-corrected chi connectivity index (χ0v) is 11.3. The topological polar surface area (TPSA) is 61.8 Å². The smallest absolute Gasteiger partial charge is 0.140 e. The number of oxime groups is 1. The lowest BCUT2D eigenvalue weighted by Crippen LogP contribution is -2.30. The third kappa shape index (κ3) is 4.08. The first-order chi connectivity index (χ1) is 9.10. The lowest BCUT2D eigenvalue weighted by atomic mass is 10.2. The quantitative estimate of drug-likeness (QED) is 0.365. The van der Waals surface area contributed by atoms with Crippen molar-refractivity contribution >= 4 is 17.4 Å². The molecule has 0 radical (unpaired) electrons. The highest BCUT2D eigenvalue weighted by Crippen LogP contribution is 2.29. The van der Waals surface area contributed by atoms with Gasteiger partial charge in [-0.25, -0.2) is 4.39 Å². The lowest BCUT2D eigenvalue weighted by Gasteiger charge is -2.22. The fraction of sp³-hybridized carbons (Fsp3) is 0.462. The standard InChI is InChI=1S/C13H17ClFN3O/c14-10-1-4-12(15)9(7-10)8-18(11-2-3-11)6-5-13(16)17-19/h1,4,7,11,19H,2-3,5-6,8H2,(H2,16,17). The van der Waals surface area contributed by atoms with Gasteiger partial charge in [-0.2, -0.15) is 0 Å². The van der Waals surface area contributed by atoms with E-state index in [1.165, 1.54) is 12.1 Å². The van der Waals surface area contributed by atoms with E-state index in [9.17, 15) is 4.39 Å². The molecule has 1 aromatic carbocycles. The fourth-order valence-electron chi connectivity index (χ4n) is 2.02. The normalized spacial score (nSPS) is 16.1. The average Bonchev–Trinajstić information content (AvgIpc) is 3.22. The third-order valence-corrected chi connectivity index (χ3v) is 3.46. The molecule has 0 heterocycles. The summed E-state index contributed by atoms with van der Waals surface area (Å²) >= 11 is 5.89. The zero-order valence-electron chi connectivity index (χ0n) is 10.5. The van der Waals surface area contributed by atoms with Gasteiger partial charge in [-0.15, -0.1) is 0 Å². The Morgan fingerprint density at radius 1 is 1.53 bits per heavy atom. The summed E-state index contributed by atoms with van der Waals surface area (Å²) in [6.45, 7) is 1.14. The van der Waals surface area contributed by atoms with Gasteiger partial charge in [-0.3, -0.25) is 4.90 Å². The summed E-state index contributed by atoms with van der Waals surface area (Å²) in [7, 11) is 0. The monoisotopic (exact) mass is 285 g/mol. The summed E-state index contributed by atoms with van der Waals surface area (Å²) in [4.78, 5) is 2.15. The molecule has 0 saturated heterocycles. The first-order valence-corrected chi connectivity index (χ1v) is 6.62. The summed E-state index contributed by atoms with van der Waals surface area (Å²) in [6.07, 6.45) is 2.69. The van der Waals surface area contributed by atoms with Crippen LogP contribution in [0, 0.1) is 5.82 Å². The van der Waals surface area contributed by atoms with Crippen LogP contribution < -0.4 is 5.73 Å². The Morgan fingerprint density at radius 2 is 2.26 bits per heavy atom. The Morgan fingerprint density at radius 3 is 2.89 bits per heavy atom. The molecule has 0 spiro atoms. The van der Waals surface area contributed by atoms with Crippen LogP contribution in [-0.2, 0) is 6.54 Å². The molecule has 4 nitrogen and oxygen atoms in total. The summed E-state index contributed by atoms with van der Waals surface area (Å²) in [5, 5.41) is 12.0. The van der Waals surface area contributed by atoms with Crippen molar-refractivity contribution in [3.8, 4) is 0 Å². The minimum Gasteiger partial charge on any atom is -0.409 e. The second kappa shape index (κ2) is 6.21. The number of rotatable bonds is 6. The van der Waals surface area contributed by atoms with E-state index in [4.69, 9.17) is 22.5 Å². The van der Waals surface area contributed by atoms with Crippen LogP contribution in [0.2, 0.25) is 5.02 Å². The Labute approximate surface area is 116 Å². The van der Waals surface area contributed by atoms with Crippen LogP contribution in [0.3, 0.4) is 0 Å². The van der Waals surface area contributed by atoms with Gasteiger partial charge in [0.05, 0.1) is 0 Å². The minimum atomic E-state index is -0.251. The second-order valence-electron chi connectivity index (χ2n) is 4.78. The van der Waals surface area contributed by atoms with Crippen molar-refractivity contribution in [1.29, 1.82) is 0 Å². The molecule has 6 heteroatoms. The van der Waals surface area contributed by atoms with Gasteiger partial charge in [-0.1, -0.05) is 16.8 Å². The molecule has 1 saturated carbocycles. The number of nitrogens with two attached hydrogens (primary N) is 1. The molecule has 0 aliphatic heterocycles. The maximum atomic E-state index is 13.7. The molecule has 0 amide bonds. The van der Waals surface area contributed by atoms with E-state index in [2.05, 4.69) is 10.1 Å². The molecule has 1 fully saturated rings. The van der Waals surface area contributed by atoms with Gasteiger partial charge in [0.2, 0.25) is 0 Å². The molecule has 0 unspecified atom stereocenters. The Bertz CT molecular complexity index is 477. The molecule has 19 heavy (non-hydrogen) atoms. The average molecular weight is 286 g/mol. The fourth-order valence-corrected chi connectivity index (χ4v) is 2.22. The van der Waals surface area contributed by atoms with E-state index in [-0.39, 0.29) is 11.7 Å². The predicted molar refractivity (Wildman–Crippen MR) is 72.9 cm³/mol. The lowest BCUT2D eigenvalue weighted by molar-refractivity contribution is 0.256. The van der Waals surface area contributed by atoms with Gasteiger partial charge >= 0.3 is 0 Å². The van der Waals surface area contributed by atoms with E-state index in [1.54, 1.807) is 6.07 Å². The van der Waals surface area contributed by atoms with Crippen LogP contribution >= 0.6 is 11.6 Å². The van der Waals surface area contributed by atoms with Crippen molar-refractivity contribution in [3.05, 3.63) is 34.6 Å². The second-order valence-corrected chi connectivity index (χ2v) is 5.22. The highest BCUT2D eigenvalue weighted by molar-refractivity contribution is 6.30. The maximum absolute atomic E-state index is 13.7. The van der Waals surface area contributed by atoms with Crippen LogP contribution in [-0.4, -0.2) is 28.5 Å². The van der Waals surface area contributed by atoms with E-state index < -0.39 is 0 Å². The number of nitrogens with zero attached hydrogens (tertiary/aromatic N) is 2. The van der Waals surface area contributed by atoms with Crippen LogP contribution in [0.4, 0.5) is 4.39 Å². The van der Waals surface area contributed by atoms with Crippen LogP contribution in [0.25, 0.3) is 0 Å². The Balaban J connectivity index is 2.02. The molecule has 0 aromatic heterocycles. The maximum Gasteiger partial charge on any atom is 0.140 e. The van der Waals surface area contributed by atoms with E-state index in [0.717, 1.165) is 12.8 Å². The molecule has 2 rings (SSSR count). The third-order valence-electron chi connectivity index (χ3n) is 3.23. The highest BCUT2D eigenvalue weighted by atomic mass is 35.5. The largest absolute Gasteiger partial charge is 0.409 e. The Hall–Kier alpha value is -1.33. The number of hydrogen-bond acceptors (Lipinski definition) is 3. The van der Waals surface area contributed by atoms with Crippen LogP contribution in [0.1, 0.15) is 24.8 Å². The predicted octanol–water partition coefficient (Wildman–Crippen LogP) is 2.58. The summed E-state index contributed by atoms with van der Waals surface area (Å²) in [6, 6.07) is 5.03. The first kappa shape index (κ1) is 14.1. The molecule has 1 aromatic rings. The van der Waals surface area contributed by atoms with Gasteiger partial charge in [-0.05, 0) is 31.0 Å². The summed E-state index contributed by atoms with van der Waals surface area (Å²) in [5.41, 5.74) is 6.05. The number of amidine groups is 1. The number of halogens is 2.